The minimum Gasteiger partial charge on any atom is -0.365 e. The molecule has 2 amide bonds. The van der Waals surface area contributed by atoms with Crippen molar-refractivity contribution in [3.8, 4) is 0 Å². The first kappa shape index (κ1) is 26.8. The van der Waals surface area contributed by atoms with Crippen molar-refractivity contribution in [2.45, 2.75) is 70.4 Å². The molecule has 2 aromatic rings. The molecular formula is C26H36N4O4S2. The average Bonchev–Trinajstić information content (AvgIpc) is 3.10. The standard InChI is InChI=1S/C26H36N4O4S2/c1-15-11-16(2)14-30(13-15)36(33,34)18-9-7-17(8-10-18)23(32)28-24-20(22(27)31)19-12-25(3,4)29-26(5,6)21(19)35-24/h7-10,15-16,29H,11-14H2,1-6H3,(H2,27,31)(H,28,32)/t15-,16+. The molecule has 1 fully saturated rings. The number of anilines is 1. The van der Waals surface area contributed by atoms with E-state index < -0.39 is 27.4 Å². The molecule has 0 radical (unpaired) electrons. The SMILES string of the molecule is C[C@@H]1C[C@H](C)CN(S(=O)(=O)c2ccc(C(=O)Nc3sc4c(c3C(N)=O)CC(C)(C)NC4(C)C)cc2)C1. The number of piperidine rings is 1. The maximum Gasteiger partial charge on any atom is 0.256 e. The van der Waals surface area contributed by atoms with Crippen LogP contribution in [-0.4, -0.2) is 43.2 Å². The second kappa shape index (κ2) is 9.24. The number of nitrogens with zero attached hydrogens (tertiary/aromatic N) is 1. The van der Waals surface area contributed by atoms with Crippen molar-refractivity contribution >= 4 is 38.2 Å². The first-order chi connectivity index (χ1) is 16.6. The van der Waals surface area contributed by atoms with E-state index in [0.29, 0.717) is 47.5 Å². The van der Waals surface area contributed by atoms with Gasteiger partial charge >= 0.3 is 0 Å². The van der Waals surface area contributed by atoms with E-state index in [0.717, 1.165) is 16.9 Å². The third kappa shape index (κ3) is 5.09. The van der Waals surface area contributed by atoms with Gasteiger partial charge in [-0.2, -0.15) is 4.31 Å². The third-order valence-corrected chi connectivity index (χ3v) is 10.2. The molecular weight excluding hydrogens is 496 g/mol. The highest BCUT2D eigenvalue weighted by molar-refractivity contribution is 7.89. The summed E-state index contributed by atoms with van der Waals surface area (Å²) in [6.07, 6.45) is 1.62. The first-order valence-corrected chi connectivity index (χ1v) is 14.5. The minimum atomic E-state index is -3.64. The molecule has 196 valence electrons. The number of amides is 2. The summed E-state index contributed by atoms with van der Waals surface area (Å²) in [7, 11) is -3.64. The number of primary amides is 1. The van der Waals surface area contributed by atoms with Gasteiger partial charge in [-0.25, -0.2) is 8.42 Å². The molecule has 0 unspecified atom stereocenters. The van der Waals surface area contributed by atoms with Gasteiger partial charge in [-0.1, -0.05) is 13.8 Å². The quantitative estimate of drug-likeness (QED) is 0.539. The van der Waals surface area contributed by atoms with Gasteiger partial charge in [-0.15, -0.1) is 11.3 Å². The van der Waals surface area contributed by atoms with Gasteiger partial charge in [-0.05, 0) is 82.2 Å². The Kier molecular flexibility index (Phi) is 6.87. The lowest BCUT2D eigenvalue weighted by Gasteiger charge is -2.42. The van der Waals surface area contributed by atoms with Crippen LogP contribution in [0, 0.1) is 11.8 Å². The molecule has 2 aliphatic heterocycles. The van der Waals surface area contributed by atoms with E-state index in [2.05, 4.69) is 38.3 Å². The Morgan fingerprint density at radius 3 is 2.22 bits per heavy atom. The van der Waals surface area contributed by atoms with E-state index in [-0.39, 0.29) is 10.4 Å². The molecule has 36 heavy (non-hydrogen) atoms. The third-order valence-electron chi connectivity index (χ3n) is 6.91. The fourth-order valence-electron chi connectivity index (χ4n) is 5.78. The zero-order valence-electron chi connectivity index (χ0n) is 21.8. The van der Waals surface area contributed by atoms with Crippen LogP contribution in [0.4, 0.5) is 5.00 Å². The maximum absolute atomic E-state index is 13.2. The van der Waals surface area contributed by atoms with Crippen LogP contribution in [0.25, 0.3) is 0 Å². The highest BCUT2D eigenvalue weighted by atomic mass is 32.2. The van der Waals surface area contributed by atoms with Crippen LogP contribution in [0.5, 0.6) is 0 Å². The van der Waals surface area contributed by atoms with Crippen molar-refractivity contribution in [3.63, 3.8) is 0 Å². The van der Waals surface area contributed by atoms with Crippen LogP contribution in [0.15, 0.2) is 29.2 Å². The molecule has 8 nitrogen and oxygen atoms in total. The highest BCUT2D eigenvalue weighted by Gasteiger charge is 2.41. The van der Waals surface area contributed by atoms with Crippen molar-refractivity contribution in [1.29, 1.82) is 0 Å². The number of fused-ring (bicyclic) bond motifs is 1. The Labute approximate surface area is 217 Å². The van der Waals surface area contributed by atoms with Gasteiger partial charge < -0.3 is 16.4 Å². The van der Waals surface area contributed by atoms with E-state index in [1.165, 1.54) is 39.9 Å². The Balaban J connectivity index is 1.59. The topological polar surface area (TPSA) is 122 Å². The minimum absolute atomic E-state index is 0.166. The van der Waals surface area contributed by atoms with Gasteiger partial charge in [0.15, 0.2) is 0 Å². The second-order valence-corrected chi connectivity index (χ2v) is 14.5. The van der Waals surface area contributed by atoms with Crippen LogP contribution in [0.2, 0.25) is 0 Å². The van der Waals surface area contributed by atoms with Gasteiger partial charge in [0.1, 0.15) is 5.00 Å². The fraction of sp³-hybridized carbons (Fsp3) is 0.538. The number of nitrogens with one attached hydrogen (secondary N) is 2. The zero-order valence-corrected chi connectivity index (χ0v) is 23.4. The number of hydrogen-bond donors (Lipinski definition) is 3. The summed E-state index contributed by atoms with van der Waals surface area (Å²) in [5, 5.41) is 6.86. The monoisotopic (exact) mass is 532 g/mol. The van der Waals surface area contributed by atoms with Crippen LogP contribution in [0.1, 0.15) is 79.1 Å². The second-order valence-electron chi connectivity index (χ2n) is 11.5. The van der Waals surface area contributed by atoms with Gasteiger partial charge in [-0.3, -0.25) is 9.59 Å². The summed E-state index contributed by atoms with van der Waals surface area (Å²) in [6, 6.07) is 5.95. The van der Waals surface area contributed by atoms with E-state index in [9.17, 15) is 18.0 Å². The smallest absolute Gasteiger partial charge is 0.256 e. The van der Waals surface area contributed by atoms with E-state index in [1.807, 2.05) is 13.8 Å². The predicted molar refractivity (Wildman–Crippen MR) is 143 cm³/mol. The molecule has 0 saturated carbocycles. The molecule has 1 saturated heterocycles. The molecule has 1 aromatic heterocycles. The number of carbonyl (C=O) groups excluding carboxylic acids is 2. The van der Waals surface area contributed by atoms with Crippen molar-refractivity contribution in [2.75, 3.05) is 18.4 Å². The molecule has 4 N–H and O–H groups in total. The summed E-state index contributed by atoms with van der Waals surface area (Å²) in [6.45, 7) is 13.3. The zero-order chi connectivity index (χ0) is 26.6. The predicted octanol–water partition coefficient (Wildman–Crippen LogP) is 3.93. The number of thiophene rings is 1. The Morgan fingerprint density at radius 2 is 1.67 bits per heavy atom. The number of hydrogen-bond acceptors (Lipinski definition) is 6. The molecule has 4 rings (SSSR count). The van der Waals surface area contributed by atoms with Gasteiger partial charge in [0.2, 0.25) is 10.0 Å². The molecule has 2 atom stereocenters. The summed E-state index contributed by atoms with van der Waals surface area (Å²) in [4.78, 5) is 26.7. The van der Waals surface area contributed by atoms with Crippen molar-refractivity contribution in [2.24, 2.45) is 17.6 Å². The Morgan fingerprint density at radius 1 is 1.08 bits per heavy atom. The van der Waals surface area contributed by atoms with E-state index in [1.54, 1.807) is 0 Å². The lowest BCUT2D eigenvalue weighted by atomic mass is 9.81. The number of nitrogens with two attached hydrogens (primary N) is 1. The van der Waals surface area contributed by atoms with Crippen molar-refractivity contribution in [1.82, 2.24) is 9.62 Å². The van der Waals surface area contributed by atoms with Crippen LogP contribution < -0.4 is 16.4 Å². The fourth-order valence-corrected chi connectivity index (χ4v) is 8.74. The molecule has 3 heterocycles. The summed E-state index contributed by atoms with van der Waals surface area (Å²) < 4.78 is 27.9. The first-order valence-electron chi connectivity index (χ1n) is 12.3. The molecule has 1 aromatic carbocycles. The number of benzene rings is 1. The van der Waals surface area contributed by atoms with Crippen molar-refractivity contribution < 1.29 is 18.0 Å². The van der Waals surface area contributed by atoms with Crippen LogP contribution in [0.3, 0.4) is 0 Å². The lowest BCUT2D eigenvalue weighted by molar-refractivity contribution is 0.0999. The molecule has 0 bridgehead atoms. The number of rotatable bonds is 5. The largest absolute Gasteiger partial charge is 0.365 e. The van der Waals surface area contributed by atoms with Crippen LogP contribution >= 0.6 is 11.3 Å². The molecule has 0 aliphatic carbocycles. The Hall–Kier alpha value is -2.27. The van der Waals surface area contributed by atoms with E-state index >= 15 is 0 Å². The van der Waals surface area contributed by atoms with Crippen LogP contribution in [-0.2, 0) is 22.0 Å². The number of sulfonamides is 1. The molecule has 2 aliphatic rings. The van der Waals surface area contributed by atoms with Crippen molar-refractivity contribution in [3.05, 3.63) is 45.8 Å². The lowest BCUT2D eigenvalue weighted by Crippen LogP contribution is -2.55. The van der Waals surface area contributed by atoms with E-state index in [4.69, 9.17) is 5.73 Å². The van der Waals surface area contributed by atoms with Gasteiger partial charge in [0, 0.05) is 34.6 Å². The molecule has 0 spiro atoms. The Bertz CT molecular complexity index is 1290. The summed E-state index contributed by atoms with van der Waals surface area (Å²) >= 11 is 1.35. The maximum atomic E-state index is 13.2. The summed E-state index contributed by atoms with van der Waals surface area (Å²) in [5.41, 5.74) is 6.63. The number of carbonyl (C=O) groups is 2. The van der Waals surface area contributed by atoms with Gasteiger partial charge in [0.05, 0.1) is 10.5 Å². The highest BCUT2D eigenvalue weighted by Crippen LogP contribution is 2.45. The normalized spacial score (nSPS) is 23.6. The van der Waals surface area contributed by atoms with Gasteiger partial charge in [0.25, 0.3) is 11.8 Å². The average molecular weight is 533 g/mol. The molecule has 10 heteroatoms. The summed E-state index contributed by atoms with van der Waals surface area (Å²) in [5.74, 6) is -0.404.